The van der Waals surface area contributed by atoms with Crippen molar-refractivity contribution < 1.29 is 14.6 Å². The van der Waals surface area contributed by atoms with E-state index in [-0.39, 0.29) is 18.1 Å². The molecule has 3 N–H and O–H groups in total. The normalized spacial score (nSPS) is 13.2. The highest BCUT2D eigenvalue weighted by molar-refractivity contribution is 6.00. The Morgan fingerprint density at radius 3 is 3.00 bits per heavy atom. The summed E-state index contributed by atoms with van der Waals surface area (Å²) < 4.78 is 5.38. The van der Waals surface area contributed by atoms with E-state index in [0.717, 1.165) is 16.5 Å². The molecule has 0 fully saturated rings. The zero-order valence-electron chi connectivity index (χ0n) is 12.3. The summed E-state index contributed by atoms with van der Waals surface area (Å²) in [5.41, 5.74) is 3.96. The molecule has 0 spiro atoms. The Morgan fingerprint density at radius 2 is 2.09 bits per heavy atom. The minimum Gasteiger partial charge on any atom is -0.508 e. The summed E-state index contributed by atoms with van der Waals surface area (Å²) in [4.78, 5) is 12.2. The molecule has 0 atom stereocenters. The number of hydrogen-bond acceptors (Lipinski definition) is 4. The van der Waals surface area contributed by atoms with Crippen LogP contribution in [0.5, 0.6) is 5.75 Å². The lowest BCUT2D eigenvalue weighted by Crippen LogP contribution is -2.15. The monoisotopic (exact) mass is 309 g/mol. The topological polar surface area (TPSA) is 87.2 Å². The van der Waals surface area contributed by atoms with Crippen molar-refractivity contribution in [3.63, 3.8) is 0 Å². The number of aromatic nitrogens is 2. The molecule has 3 aromatic rings. The highest BCUT2D eigenvalue weighted by Crippen LogP contribution is 2.24. The molecule has 6 heteroatoms. The van der Waals surface area contributed by atoms with Crippen LogP contribution in [0.3, 0.4) is 0 Å². The third-order valence-electron chi connectivity index (χ3n) is 3.95. The average Bonchev–Trinajstić information content (AvgIpc) is 3.13. The lowest BCUT2D eigenvalue weighted by molar-refractivity contribution is -0.115. The van der Waals surface area contributed by atoms with E-state index in [1.807, 2.05) is 18.2 Å². The van der Waals surface area contributed by atoms with Gasteiger partial charge in [-0.2, -0.15) is 5.10 Å². The summed E-state index contributed by atoms with van der Waals surface area (Å²) in [5, 5.41) is 19.9. The highest BCUT2D eigenvalue weighted by atomic mass is 16.5. The standard InChI is InChI=1S/C17H15N3O3/c21-13-3-4-14-15(7-13)19-20-17(14)18-16(22)6-10-1-2-11-8-23-9-12(11)5-10/h1-5,7,21H,6,8-9H2,(H2,18,19,20,22). The van der Waals surface area contributed by atoms with E-state index in [2.05, 4.69) is 15.5 Å². The van der Waals surface area contributed by atoms with Gasteiger partial charge in [0, 0.05) is 11.5 Å². The van der Waals surface area contributed by atoms with Gasteiger partial charge in [-0.1, -0.05) is 18.2 Å². The maximum absolute atomic E-state index is 12.2. The number of phenolic OH excluding ortho intramolecular Hbond substituents is 1. The number of hydrogen-bond donors (Lipinski definition) is 3. The molecule has 1 amide bonds. The average molecular weight is 309 g/mol. The van der Waals surface area contributed by atoms with Crippen LogP contribution < -0.4 is 5.32 Å². The number of aromatic hydroxyl groups is 1. The molecule has 0 radical (unpaired) electrons. The van der Waals surface area contributed by atoms with Gasteiger partial charge in [-0.3, -0.25) is 9.89 Å². The van der Waals surface area contributed by atoms with Crippen LogP contribution >= 0.6 is 0 Å². The third kappa shape index (κ3) is 2.64. The minimum atomic E-state index is -0.134. The molecule has 1 aliphatic rings. The number of benzene rings is 2. The zero-order chi connectivity index (χ0) is 15.8. The number of amides is 1. The van der Waals surface area contributed by atoms with Crippen LogP contribution in [-0.4, -0.2) is 21.2 Å². The molecule has 0 saturated heterocycles. The molecule has 0 saturated carbocycles. The number of anilines is 1. The maximum Gasteiger partial charge on any atom is 0.230 e. The molecule has 0 bridgehead atoms. The third-order valence-corrected chi connectivity index (χ3v) is 3.95. The van der Waals surface area contributed by atoms with Crippen molar-refractivity contribution in [3.05, 3.63) is 53.1 Å². The maximum atomic E-state index is 12.2. The predicted octanol–water partition coefficient (Wildman–Crippen LogP) is 2.48. The number of aromatic amines is 1. The molecule has 4 rings (SSSR count). The van der Waals surface area contributed by atoms with Crippen LogP contribution in [0.2, 0.25) is 0 Å². The van der Waals surface area contributed by atoms with Gasteiger partial charge in [0.1, 0.15) is 5.75 Å². The Labute approximate surface area is 132 Å². The molecule has 0 unspecified atom stereocenters. The van der Waals surface area contributed by atoms with E-state index < -0.39 is 0 Å². The van der Waals surface area contributed by atoms with Crippen molar-refractivity contribution in [3.8, 4) is 5.75 Å². The van der Waals surface area contributed by atoms with Crippen LogP contribution in [0.1, 0.15) is 16.7 Å². The highest BCUT2D eigenvalue weighted by Gasteiger charge is 2.14. The van der Waals surface area contributed by atoms with Crippen LogP contribution in [0, 0.1) is 0 Å². The van der Waals surface area contributed by atoms with Crippen molar-refractivity contribution >= 4 is 22.6 Å². The van der Waals surface area contributed by atoms with Gasteiger partial charge in [0.15, 0.2) is 5.82 Å². The number of carbonyl (C=O) groups is 1. The first kappa shape index (κ1) is 13.8. The molecule has 23 heavy (non-hydrogen) atoms. The number of phenols is 1. The van der Waals surface area contributed by atoms with Gasteiger partial charge in [0.05, 0.1) is 25.2 Å². The zero-order valence-corrected chi connectivity index (χ0v) is 12.3. The quantitative estimate of drug-likeness (QED) is 0.693. The minimum absolute atomic E-state index is 0.134. The molecule has 2 heterocycles. The lowest BCUT2D eigenvalue weighted by atomic mass is 10.0. The number of nitrogens with one attached hydrogen (secondary N) is 2. The van der Waals surface area contributed by atoms with Crippen molar-refractivity contribution in [2.75, 3.05) is 5.32 Å². The number of nitrogens with zero attached hydrogens (tertiary/aromatic N) is 1. The Kier molecular flexibility index (Phi) is 3.24. The molecular formula is C17H15N3O3. The summed E-state index contributed by atoms with van der Waals surface area (Å²) in [7, 11) is 0. The van der Waals surface area contributed by atoms with Crippen molar-refractivity contribution in [1.29, 1.82) is 0 Å². The molecular weight excluding hydrogens is 294 g/mol. The van der Waals surface area contributed by atoms with E-state index in [9.17, 15) is 9.90 Å². The first-order valence-electron chi connectivity index (χ1n) is 7.34. The van der Waals surface area contributed by atoms with Gasteiger partial charge in [-0.15, -0.1) is 0 Å². The lowest BCUT2D eigenvalue weighted by Gasteiger charge is -2.05. The Hall–Kier alpha value is -2.86. The number of carbonyl (C=O) groups excluding carboxylic acids is 1. The molecule has 1 aliphatic heterocycles. The van der Waals surface area contributed by atoms with Gasteiger partial charge in [0.2, 0.25) is 5.91 Å². The van der Waals surface area contributed by atoms with Crippen molar-refractivity contribution in [2.24, 2.45) is 0 Å². The van der Waals surface area contributed by atoms with Crippen LogP contribution in [-0.2, 0) is 29.2 Å². The Morgan fingerprint density at radius 1 is 1.22 bits per heavy atom. The molecule has 2 aromatic carbocycles. The summed E-state index contributed by atoms with van der Waals surface area (Å²) in [5.74, 6) is 0.485. The molecule has 0 aliphatic carbocycles. The van der Waals surface area contributed by atoms with Crippen LogP contribution in [0.25, 0.3) is 10.9 Å². The van der Waals surface area contributed by atoms with Gasteiger partial charge in [-0.05, 0) is 28.8 Å². The number of rotatable bonds is 3. The van der Waals surface area contributed by atoms with Gasteiger partial charge in [0.25, 0.3) is 0 Å². The summed E-state index contributed by atoms with van der Waals surface area (Å²) in [6.45, 7) is 1.26. The molecule has 116 valence electrons. The number of H-pyrrole nitrogens is 1. The fourth-order valence-electron chi connectivity index (χ4n) is 2.80. The van der Waals surface area contributed by atoms with E-state index >= 15 is 0 Å². The predicted molar refractivity (Wildman–Crippen MR) is 85.0 cm³/mol. The van der Waals surface area contributed by atoms with Crippen LogP contribution in [0.15, 0.2) is 36.4 Å². The second-order valence-corrected chi connectivity index (χ2v) is 5.62. The second kappa shape index (κ2) is 5.40. The molecule has 6 nitrogen and oxygen atoms in total. The van der Waals surface area contributed by atoms with E-state index in [1.54, 1.807) is 18.2 Å². The van der Waals surface area contributed by atoms with Gasteiger partial charge < -0.3 is 15.2 Å². The first-order valence-corrected chi connectivity index (χ1v) is 7.34. The number of fused-ring (bicyclic) bond motifs is 2. The van der Waals surface area contributed by atoms with Gasteiger partial charge >= 0.3 is 0 Å². The largest absolute Gasteiger partial charge is 0.508 e. The summed E-state index contributed by atoms with van der Waals surface area (Å²) in [6, 6.07) is 10.8. The molecule has 1 aromatic heterocycles. The van der Waals surface area contributed by atoms with Gasteiger partial charge in [-0.25, -0.2) is 0 Å². The smallest absolute Gasteiger partial charge is 0.230 e. The summed E-state index contributed by atoms with van der Waals surface area (Å²) >= 11 is 0. The summed E-state index contributed by atoms with van der Waals surface area (Å²) in [6.07, 6.45) is 0.277. The van der Waals surface area contributed by atoms with E-state index in [1.165, 1.54) is 5.56 Å². The fraction of sp³-hybridized carbons (Fsp3) is 0.176. The second-order valence-electron chi connectivity index (χ2n) is 5.62. The Bertz CT molecular complexity index is 901. The Balaban J connectivity index is 1.51. The fourth-order valence-corrected chi connectivity index (χ4v) is 2.80. The number of ether oxygens (including phenoxy) is 1. The van der Waals surface area contributed by atoms with Crippen molar-refractivity contribution in [2.45, 2.75) is 19.6 Å². The van der Waals surface area contributed by atoms with Crippen molar-refractivity contribution in [1.82, 2.24) is 10.2 Å². The first-order chi connectivity index (χ1) is 11.2. The SMILES string of the molecule is O=C(Cc1ccc2c(c1)COC2)Nc1n[nH]c2cc(O)ccc12. The van der Waals surface area contributed by atoms with E-state index in [0.29, 0.717) is 24.5 Å². The van der Waals surface area contributed by atoms with E-state index in [4.69, 9.17) is 4.74 Å². The van der Waals surface area contributed by atoms with Crippen LogP contribution in [0.4, 0.5) is 5.82 Å².